The van der Waals surface area contributed by atoms with Crippen LogP contribution in [0.25, 0.3) is 0 Å². The molecular weight excluding hydrogens is 508 g/mol. The molecule has 0 radical (unpaired) electrons. The first-order valence-corrected chi connectivity index (χ1v) is 17.7. The summed E-state index contributed by atoms with van der Waals surface area (Å²) in [7, 11) is 0. The molecule has 0 aromatic heterocycles. The van der Waals surface area contributed by atoms with E-state index in [2.05, 4.69) is 75.8 Å². The van der Waals surface area contributed by atoms with Gasteiger partial charge in [-0.1, -0.05) is 79.4 Å². The third-order valence-corrected chi connectivity index (χ3v) is 13.5. The number of amides is 2. The Morgan fingerprint density at radius 2 is 1.68 bits per heavy atom. The monoisotopic (exact) mass is 566 g/mol. The molecule has 1 aromatic carbocycles. The van der Waals surface area contributed by atoms with Crippen LogP contribution in [0.3, 0.4) is 0 Å². The maximum absolute atomic E-state index is 12.4. The molecule has 4 aliphatic rings. The molecule has 4 fully saturated rings. The molecular formula is C36H58N2OS. The number of unbranched alkanes of at least 4 members (excludes halogenated alkanes) is 1. The number of hydrogen-bond acceptors (Lipinski definition) is 2. The average molecular weight is 567 g/mol. The molecule has 2 N–H and O–H groups in total. The molecule has 4 aliphatic carbocycles. The molecule has 0 saturated heterocycles. The summed E-state index contributed by atoms with van der Waals surface area (Å²) in [6.45, 7) is 15.3. The van der Waals surface area contributed by atoms with Crippen molar-refractivity contribution >= 4 is 18.0 Å². The van der Waals surface area contributed by atoms with E-state index in [1.54, 1.807) is 0 Å². The van der Waals surface area contributed by atoms with Crippen LogP contribution in [-0.4, -0.2) is 12.6 Å². The minimum Gasteiger partial charge on any atom is -0.337 e. The molecule has 4 heteroatoms. The summed E-state index contributed by atoms with van der Waals surface area (Å²) in [6.07, 6.45) is 18.5. The van der Waals surface area contributed by atoms with Gasteiger partial charge in [-0.15, -0.1) is 0 Å². The zero-order valence-electron chi connectivity index (χ0n) is 26.5. The highest BCUT2D eigenvalue weighted by atomic mass is 32.2. The summed E-state index contributed by atoms with van der Waals surface area (Å²) >= 11 is 1.40. The molecule has 0 heterocycles. The van der Waals surface area contributed by atoms with Crippen molar-refractivity contribution in [2.45, 2.75) is 135 Å². The smallest absolute Gasteiger partial charge is 0.325 e. The summed E-state index contributed by atoms with van der Waals surface area (Å²) in [5, 5.41) is 3.09. The Morgan fingerprint density at radius 1 is 0.925 bits per heavy atom. The molecule has 5 unspecified atom stereocenters. The third-order valence-electron chi connectivity index (χ3n) is 12.7. The van der Waals surface area contributed by atoms with Crippen molar-refractivity contribution in [3.8, 4) is 0 Å². The van der Waals surface area contributed by atoms with Crippen LogP contribution < -0.4 is 10.0 Å². The van der Waals surface area contributed by atoms with Crippen molar-refractivity contribution < 1.29 is 4.79 Å². The second-order valence-corrected chi connectivity index (χ2v) is 16.6. The predicted molar refractivity (Wildman–Crippen MR) is 170 cm³/mol. The van der Waals surface area contributed by atoms with E-state index in [1.807, 2.05) is 0 Å². The van der Waals surface area contributed by atoms with Crippen molar-refractivity contribution in [1.82, 2.24) is 10.0 Å². The van der Waals surface area contributed by atoms with E-state index in [9.17, 15) is 4.79 Å². The molecule has 0 bridgehead atoms. The Morgan fingerprint density at radius 3 is 2.40 bits per heavy atom. The molecule has 0 spiro atoms. The fraction of sp³-hybridized carbons (Fsp3) is 0.806. The summed E-state index contributed by atoms with van der Waals surface area (Å²) < 4.78 is 2.96. The van der Waals surface area contributed by atoms with E-state index in [0.29, 0.717) is 10.8 Å². The molecule has 224 valence electrons. The number of rotatable bonds is 8. The molecule has 0 aliphatic heterocycles. The Labute approximate surface area is 250 Å². The van der Waals surface area contributed by atoms with Crippen LogP contribution in [0.15, 0.2) is 29.2 Å². The minimum atomic E-state index is -0.0756. The van der Waals surface area contributed by atoms with Crippen LogP contribution in [0.2, 0.25) is 0 Å². The quantitative estimate of drug-likeness (QED) is 0.243. The molecule has 40 heavy (non-hydrogen) atoms. The van der Waals surface area contributed by atoms with Gasteiger partial charge >= 0.3 is 6.03 Å². The van der Waals surface area contributed by atoms with Gasteiger partial charge in [0, 0.05) is 11.4 Å². The highest BCUT2D eigenvalue weighted by molar-refractivity contribution is 7.98. The minimum absolute atomic E-state index is 0.0756. The van der Waals surface area contributed by atoms with Gasteiger partial charge < -0.3 is 5.32 Å². The van der Waals surface area contributed by atoms with Crippen molar-refractivity contribution in [3.63, 3.8) is 0 Å². The van der Waals surface area contributed by atoms with Gasteiger partial charge in [-0.3, -0.25) is 4.72 Å². The standard InChI is InChI=1S/C36H58N2OS/c1-7-25-24-29-31-19-16-27(35(31,5)22-20-32(29)36(6)21-10-8-13-30(25)36)12-9-11-23-37-33(39)38-40-28-17-14-26(15-18-28)34(2,3)4/h14-15,17-18,25,27,29-32H,7-13,16,19-24H2,1-6H3,(H2,37,38,39)/t25-,27-,29?,30?,31?,32-,35?,36?/m0/s1. The Bertz CT molecular complexity index is 1000. The first-order valence-electron chi connectivity index (χ1n) is 16.9. The lowest BCUT2D eigenvalue weighted by molar-refractivity contribution is -0.135. The molecule has 8 atom stereocenters. The number of hydrogen-bond donors (Lipinski definition) is 2. The Kier molecular flexibility index (Phi) is 9.25. The van der Waals surface area contributed by atoms with Crippen LogP contribution >= 0.6 is 11.9 Å². The highest BCUT2D eigenvalue weighted by Crippen LogP contribution is 2.69. The summed E-state index contributed by atoms with van der Waals surface area (Å²) in [4.78, 5) is 13.4. The van der Waals surface area contributed by atoms with Gasteiger partial charge in [0.15, 0.2) is 0 Å². The van der Waals surface area contributed by atoms with Crippen LogP contribution in [0.1, 0.15) is 131 Å². The van der Waals surface area contributed by atoms with Crippen molar-refractivity contribution in [3.05, 3.63) is 29.8 Å². The lowest BCUT2D eigenvalue weighted by atomic mass is 9.42. The van der Waals surface area contributed by atoms with Crippen molar-refractivity contribution in [2.24, 2.45) is 46.3 Å². The van der Waals surface area contributed by atoms with Gasteiger partial charge in [-0.25, -0.2) is 4.79 Å². The summed E-state index contributed by atoms with van der Waals surface area (Å²) in [6, 6.07) is 8.43. The van der Waals surface area contributed by atoms with E-state index >= 15 is 0 Å². The van der Waals surface area contributed by atoms with Crippen LogP contribution in [0.4, 0.5) is 4.79 Å². The number of fused-ring (bicyclic) bond motifs is 5. The zero-order valence-corrected chi connectivity index (χ0v) is 27.3. The molecule has 4 saturated carbocycles. The van der Waals surface area contributed by atoms with Gasteiger partial charge in [-0.05, 0) is 139 Å². The number of benzene rings is 1. The second kappa shape index (κ2) is 12.2. The first kappa shape index (κ1) is 30.3. The van der Waals surface area contributed by atoms with Gasteiger partial charge in [0.2, 0.25) is 0 Å². The second-order valence-electron chi connectivity index (χ2n) is 15.7. The number of carbonyl (C=O) groups is 1. The van der Waals surface area contributed by atoms with Gasteiger partial charge in [-0.2, -0.15) is 0 Å². The van der Waals surface area contributed by atoms with E-state index in [0.717, 1.165) is 53.4 Å². The third kappa shape index (κ3) is 6.00. The molecule has 1 aromatic rings. The fourth-order valence-electron chi connectivity index (χ4n) is 10.5. The Hall–Kier alpha value is -1.16. The number of nitrogens with one attached hydrogen (secondary N) is 2. The van der Waals surface area contributed by atoms with Crippen LogP contribution in [0, 0.1) is 46.3 Å². The van der Waals surface area contributed by atoms with Crippen LogP contribution in [-0.2, 0) is 5.41 Å². The van der Waals surface area contributed by atoms with Crippen molar-refractivity contribution in [1.29, 1.82) is 0 Å². The fourth-order valence-corrected chi connectivity index (χ4v) is 11.0. The van der Waals surface area contributed by atoms with Gasteiger partial charge in [0.05, 0.1) is 0 Å². The normalized spacial score (nSPS) is 37.2. The number of carbonyl (C=O) groups excluding carboxylic acids is 1. The average Bonchev–Trinajstić information content (AvgIpc) is 3.27. The van der Waals surface area contributed by atoms with Crippen LogP contribution in [0.5, 0.6) is 0 Å². The summed E-state index contributed by atoms with van der Waals surface area (Å²) in [5.74, 6) is 5.81. The first-order chi connectivity index (χ1) is 19.1. The zero-order chi connectivity index (χ0) is 28.5. The largest absolute Gasteiger partial charge is 0.337 e. The lowest BCUT2D eigenvalue weighted by Gasteiger charge is -2.62. The Balaban J connectivity index is 1.06. The van der Waals surface area contributed by atoms with E-state index in [1.165, 1.54) is 94.6 Å². The highest BCUT2D eigenvalue weighted by Gasteiger charge is 2.60. The topological polar surface area (TPSA) is 41.1 Å². The van der Waals surface area contributed by atoms with E-state index in [-0.39, 0.29) is 11.4 Å². The maximum Gasteiger partial charge on any atom is 0.325 e. The van der Waals surface area contributed by atoms with Crippen molar-refractivity contribution in [2.75, 3.05) is 6.54 Å². The van der Waals surface area contributed by atoms with E-state index in [4.69, 9.17) is 0 Å². The molecule has 5 rings (SSSR count). The number of urea groups is 1. The summed E-state index contributed by atoms with van der Waals surface area (Å²) in [5.41, 5.74) is 2.64. The van der Waals surface area contributed by atoms with Gasteiger partial charge in [0.25, 0.3) is 0 Å². The lowest BCUT2D eigenvalue weighted by Crippen LogP contribution is -2.55. The van der Waals surface area contributed by atoms with Gasteiger partial charge in [0.1, 0.15) is 0 Å². The molecule has 2 amide bonds. The maximum atomic E-state index is 12.4. The SMILES string of the molecule is CC[C@H]1CC2C3CC[C@H](CCCCNC(=O)NSc4ccc(C(C)(C)C)cc4)C3(C)CC[C@@H]2C2(C)CCCCC12. The predicted octanol–water partition coefficient (Wildman–Crippen LogP) is 10.1. The van der Waals surface area contributed by atoms with E-state index < -0.39 is 0 Å². The molecule has 3 nitrogen and oxygen atoms in total.